The van der Waals surface area contributed by atoms with Crippen LogP contribution in [0.2, 0.25) is 5.02 Å². The molecular weight excluding hydrogens is 358 g/mol. The second-order valence-electron chi connectivity index (χ2n) is 7.50. The zero-order chi connectivity index (χ0) is 18.6. The first-order valence-electron chi connectivity index (χ1n) is 9.74. The van der Waals surface area contributed by atoms with Gasteiger partial charge < -0.3 is 9.80 Å². The first-order valence-corrected chi connectivity index (χ1v) is 10.1. The number of nitrogens with zero attached hydrogens (tertiary/aromatic N) is 3. The van der Waals surface area contributed by atoms with E-state index in [1.807, 2.05) is 24.3 Å². The van der Waals surface area contributed by atoms with Crippen LogP contribution >= 0.6 is 11.6 Å². The van der Waals surface area contributed by atoms with Crippen LogP contribution in [-0.4, -0.2) is 55.0 Å². The molecule has 1 amide bonds. The number of hydrogen-bond acceptors (Lipinski definition) is 3. The summed E-state index contributed by atoms with van der Waals surface area (Å²) in [5.41, 5.74) is 2.46. The average molecular weight is 384 g/mol. The molecule has 0 spiro atoms. The van der Waals surface area contributed by atoms with Crippen LogP contribution in [0.3, 0.4) is 0 Å². The second kappa shape index (κ2) is 8.32. The summed E-state index contributed by atoms with van der Waals surface area (Å²) in [7, 11) is 0. The summed E-state index contributed by atoms with van der Waals surface area (Å²) in [5, 5.41) is 0.760. The number of carbonyl (C=O) groups excluding carboxylic acids is 1. The van der Waals surface area contributed by atoms with E-state index < -0.39 is 0 Å². The van der Waals surface area contributed by atoms with Gasteiger partial charge in [-0.1, -0.05) is 48.0 Å². The van der Waals surface area contributed by atoms with Crippen LogP contribution in [0.5, 0.6) is 0 Å². The minimum atomic E-state index is 0.145. The number of likely N-dealkylation sites (tertiary alicyclic amines) is 1. The zero-order valence-corrected chi connectivity index (χ0v) is 16.3. The fraction of sp³-hybridized carbons (Fsp3) is 0.409. The van der Waals surface area contributed by atoms with E-state index in [0.717, 1.165) is 62.9 Å². The van der Waals surface area contributed by atoms with Crippen LogP contribution in [0.4, 0.5) is 5.69 Å². The highest BCUT2D eigenvalue weighted by Gasteiger charge is 2.32. The number of anilines is 1. The third-order valence-corrected chi connectivity index (χ3v) is 5.87. The molecule has 2 aliphatic heterocycles. The van der Waals surface area contributed by atoms with Gasteiger partial charge in [0, 0.05) is 50.0 Å². The Morgan fingerprint density at radius 3 is 2.48 bits per heavy atom. The average Bonchev–Trinajstić information content (AvgIpc) is 3.17. The smallest absolute Gasteiger partial charge is 0.227 e. The molecule has 2 heterocycles. The van der Waals surface area contributed by atoms with Gasteiger partial charge in [-0.25, -0.2) is 0 Å². The Hall–Kier alpha value is -2.04. The molecule has 0 bridgehead atoms. The van der Waals surface area contributed by atoms with Gasteiger partial charge in [0.25, 0.3) is 0 Å². The third-order valence-electron chi connectivity index (χ3n) is 5.64. The molecule has 0 radical (unpaired) electrons. The minimum absolute atomic E-state index is 0.145. The Morgan fingerprint density at radius 1 is 0.963 bits per heavy atom. The maximum absolute atomic E-state index is 13.0. The summed E-state index contributed by atoms with van der Waals surface area (Å²) in [4.78, 5) is 19.7. The molecule has 4 nitrogen and oxygen atoms in total. The van der Waals surface area contributed by atoms with Crippen LogP contribution < -0.4 is 4.90 Å². The number of halogens is 1. The maximum Gasteiger partial charge on any atom is 0.227 e. The van der Waals surface area contributed by atoms with Crippen molar-refractivity contribution < 1.29 is 4.79 Å². The van der Waals surface area contributed by atoms with E-state index in [1.54, 1.807) is 0 Å². The molecule has 1 unspecified atom stereocenters. The third kappa shape index (κ3) is 4.45. The fourth-order valence-electron chi connectivity index (χ4n) is 4.14. The molecule has 0 aromatic heterocycles. The highest BCUT2D eigenvalue weighted by Crippen LogP contribution is 2.24. The monoisotopic (exact) mass is 383 g/mol. The summed E-state index contributed by atoms with van der Waals surface area (Å²) < 4.78 is 0. The highest BCUT2D eigenvalue weighted by molar-refractivity contribution is 6.30. The summed E-state index contributed by atoms with van der Waals surface area (Å²) >= 11 is 6.11. The standard InChI is InChI=1S/C22H26ClN3O/c23-20-7-4-8-21(15-20)25-11-13-26(14-12-25)22(27)19-9-10-24(17-19)16-18-5-2-1-3-6-18/h1-8,15,19H,9-14,16-17H2. The Bertz CT molecular complexity index is 774. The Morgan fingerprint density at radius 2 is 1.74 bits per heavy atom. The lowest BCUT2D eigenvalue weighted by molar-refractivity contribution is -0.135. The Balaban J connectivity index is 1.28. The van der Waals surface area contributed by atoms with Crippen molar-refractivity contribution in [3.05, 3.63) is 65.2 Å². The molecule has 0 N–H and O–H groups in total. The van der Waals surface area contributed by atoms with E-state index in [2.05, 4.69) is 45.0 Å². The number of amides is 1. The first-order chi connectivity index (χ1) is 13.2. The molecule has 2 fully saturated rings. The molecule has 1 atom stereocenters. The zero-order valence-electron chi connectivity index (χ0n) is 15.6. The summed E-state index contributed by atoms with van der Waals surface area (Å²) in [6, 6.07) is 18.5. The van der Waals surface area contributed by atoms with Crippen LogP contribution in [0, 0.1) is 5.92 Å². The minimum Gasteiger partial charge on any atom is -0.368 e. The second-order valence-corrected chi connectivity index (χ2v) is 7.93. The molecule has 142 valence electrons. The molecular formula is C22H26ClN3O. The maximum atomic E-state index is 13.0. The highest BCUT2D eigenvalue weighted by atomic mass is 35.5. The predicted molar refractivity (Wildman–Crippen MR) is 110 cm³/mol. The fourth-order valence-corrected chi connectivity index (χ4v) is 4.32. The van der Waals surface area contributed by atoms with Gasteiger partial charge in [0.05, 0.1) is 5.92 Å². The summed E-state index contributed by atoms with van der Waals surface area (Å²) in [5.74, 6) is 0.475. The first kappa shape index (κ1) is 18.3. The lowest BCUT2D eigenvalue weighted by Crippen LogP contribution is -2.50. The molecule has 27 heavy (non-hydrogen) atoms. The summed E-state index contributed by atoms with van der Waals surface area (Å²) in [6.45, 7) is 6.14. The quantitative estimate of drug-likeness (QED) is 0.808. The van der Waals surface area contributed by atoms with Gasteiger partial charge in [-0.15, -0.1) is 0 Å². The van der Waals surface area contributed by atoms with Crippen molar-refractivity contribution >= 4 is 23.2 Å². The van der Waals surface area contributed by atoms with Crippen molar-refractivity contribution in [1.82, 2.24) is 9.80 Å². The van der Waals surface area contributed by atoms with Gasteiger partial charge in [0.1, 0.15) is 0 Å². The van der Waals surface area contributed by atoms with Crippen LogP contribution in [0.25, 0.3) is 0 Å². The van der Waals surface area contributed by atoms with Crippen molar-refractivity contribution in [1.29, 1.82) is 0 Å². The molecule has 0 saturated carbocycles. The Labute approximate surface area is 166 Å². The van der Waals surface area contributed by atoms with Gasteiger partial charge in [-0.05, 0) is 36.7 Å². The van der Waals surface area contributed by atoms with Crippen molar-refractivity contribution in [3.63, 3.8) is 0 Å². The molecule has 2 aromatic carbocycles. The van der Waals surface area contributed by atoms with Crippen LogP contribution in [0.15, 0.2) is 54.6 Å². The number of benzene rings is 2. The number of rotatable bonds is 4. The Kier molecular flexibility index (Phi) is 5.65. The lowest BCUT2D eigenvalue weighted by Gasteiger charge is -2.37. The van der Waals surface area contributed by atoms with E-state index in [4.69, 9.17) is 11.6 Å². The van der Waals surface area contributed by atoms with Crippen LogP contribution in [0.1, 0.15) is 12.0 Å². The van der Waals surface area contributed by atoms with E-state index in [0.29, 0.717) is 5.91 Å². The largest absolute Gasteiger partial charge is 0.368 e. The van der Waals surface area contributed by atoms with E-state index in [1.165, 1.54) is 5.56 Å². The van der Waals surface area contributed by atoms with Crippen LogP contribution in [-0.2, 0) is 11.3 Å². The number of hydrogen-bond donors (Lipinski definition) is 0. The molecule has 2 aromatic rings. The molecule has 4 rings (SSSR count). The van der Waals surface area contributed by atoms with Gasteiger partial charge in [-0.3, -0.25) is 9.69 Å². The molecule has 5 heteroatoms. The SMILES string of the molecule is O=C(C1CCN(Cc2ccccc2)C1)N1CCN(c2cccc(Cl)c2)CC1. The topological polar surface area (TPSA) is 26.8 Å². The van der Waals surface area contributed by atoms with E-state index in [9.17, 15) is 4.79 Å². The van der Waals surface area contributed by atoms with Crippen molar-refractivity contribution in [2.75, 3.05) is 44.2 Å². The van der Waals surface area contributed by atoms with Gasteiger partial charge >= 0.3 is 0 Å². The van der Waals surface area contributed by atoms with Gasteiger partial charge in [-0.2, -0.15) is 0 Å². The molecule has 2 aliphatic rings. The van der Waals surface area contributed by atoms with E-state index in [-0.39, 0.29) is 5.92 Å². The predicted octanol–water partition coefficient (Wildman–Crippen LogP) is 3.51. The van der Waals surface area contributed by atoms with Gasteiger partial charge in [0.15, 0.2) is 0 Å². The number of piperazine rings is 1. The molecule has 0 aliphatic carbocycles. The van der Waals surface area contributed by atoms with E-state index >= 15 is 0 Å². The van der Waals surface area contributed by atoms with Gasteiger partial charge in [0.2, 0.25) is 5.91 Å². The summed E-state index contributed by atoms with van der Waals surface area (Å²) in [6.07, 6.45) is 0.972. The lowest BCUT2D eigenvalue weighted by atomic mass is 10.1. The normalized spacial score (nSPS) is 20.9. The van der Waals surface area contributed by atoms with Crippen molar-refractivity contribution in [2.45, 2.75) is 13.0 Å². The van der Waals surface area contributed by atoms with Crippen molar-refractivity contribution in [2.24, 2.45) is 5.92 Å². The number of carbonyl (C=O) groups is 1. The molecule has 2 saturated heterocycles. The van der Waals surface area contributed by atoms with Crippen molar-refractivity contribution in [3.8, 4) is 0 Å².